The van der Waals surface area contributed by atoms with Gasteiger partial charge in [0.1, 0.15) is 0 Å². The Balaban J connectivity index is 0.000000566. The second-order valence-corrected chi connectivity index (χ2v) is 13.2. The number of nitrogens with two attached hydrogens (primary N) is 1. The number of aromatic nitrogens is 1. The molecule has 5 N–H and O–H groups in total. The molecule has 0 saturated carbocycles. The van der Waals surface area contributed by atoms with Crippen LogP contribution in [0.15, 0.2) is 42.6 Å². The van der Waals surface area contributed by atoms with Crippen molar-refractivity contribution in [2.75, 3.05) is 32.0 Å². The van der Waals surface area contributed by atoms with Gasteiger partial charge in [-0.15, -0.1) is 0 Å². The van der Waals surface area contributed by atoms with Crippen LogP contribution in [0.25, 0.3) is 22.0 Å². The number of nitrogens with one attached hydrogen (secondary N) is 2. The van der Waals surface area contributed by atoms with Crippen LogP contribution in [0, 0.1) is 0 Å². The number of H-pyrrole nitrogens is 1. The van der Waals surface area contributed by atoms with E-state index in [0.717, 1.165) is 78.5 Å². The highest BCUT2D eigenvalue weighted by Gasteiger charge is 2.38. The van der Waals surface area contributed by atoms with Crippen molar-refractivity contribution in [3.05, 3.63) is 59.3 Å². The Labute approximate surface area is 253 Å². The quantitative estimate of drug-likeness (QED) is 0.271. The average Bonchev–Trinajstić information content (AvgIpc) is 3.67. The third-order valence-electron chi connectivity index (χ3n) is 7.97. The SMILES string of the molecule is CCS(=O)(=O)N1CCC(c2c[nH]c3c(C(N)=O)cc(-c4cccc(CNC[C@@H]5CCCO5)c4)cc23)CC1.O=C(O)C(F)(F)F. The van der Waals surface area contributed by atoms with Crippen molar-refractivity contribution in [2.24, 2.45) is 5.73 Å². The lowest BCUT2D eigenvalue weighted by atomic mass is 9.88. The molecular formula is C30H37F3N4O6S. The number of benzene rings is 2. The van der Waals surface area contributed by atoms with Gasteiger partial charge < -0.3 is 25.9 Å². The standard InChI is InChI=1S/C28H36N4O4S.C2HF3O2/c1-2-37(34,35)32-10-8-20(9-11-32)26-18-31-27-24(26)14-22(15-25(27)28(29)33)21-6-3-5-19(13-21)16-30-17-23-7-4-12-36-23;3-2(4,5)1(6)7/h3,5-6,13-15,18,20,23,30-31H,2,4,7-12,16-17H2,1H3,(H2,29,33);(H,6,7)/t23-;/m0./s1. The zero-order chi connectivity index (χ0) is 32.1. The zero-order valence-electron chi connectivity index (χ0n) is 24.3. The van der Waals surface area contributed by atoms with Crippen molar-refractivity contribution < 1.29 is 41.0 Å². The van der Waals surface area contributed by atoms with Gasteiger partial charge in [0, 0.05) is 44.4 Å². The number of piperidine rings is 1. The van der Waals surface area contributed by atoms with E-state index in [0.29, 0.717) is 24.8 Å². The van der Waals surface area contributed by atoms with E-state index in [2.05, 4.69) is 34.6 Å². The van der Waals surface area contributed by atoms with Gasteiger partial charge in [0.2, 0.25) is 10.0 Å². The Kier molecular flexibility index (Phi) is 10.7. The lowest BCUT2D eigenvalue weighted by Crippen LogP contribution is -2.38. The normalized spacial score (nSPS) is 18.2. The van der Waals surface area contributed by atoms with E-state index < -0.39 is 28.1 Å². The topological polar surface area (TPSA) is 155 Å². The van der Waals surface area contributed by atoms with Gasteiger partial charge in [-0.3, -0.25) is 4.79 Å². The number of carbonyl (C=O) groups excluding carboxylic acids is 1. The third kappa shape index (κ3) is 8.17. The molecule has 5 rings (SSSR count). The number of nitrogens with zero attached hydrogens (tertiary/aromatic N) is 1. The molecule has 10 nitrogen and oxygen atoms in total. The number of ether oxygens (including phenoxy) is 1. The number of amides is 1. The molecule has 2 saturated heterocycles. The predicted octanol–water partition coefficient (Wildman–Crippen LogP) is 4.36. The molecular weight excluding hydrogens is 601 g/mol. The van der Waals surface area contributed by atoms with Gasteiger partial charge in [-0.2, -0.15) is 13.2 Å². The fourth-order valence-electron chi connectivity index (χ4n) is 5.62. The van der Waals surface area contributed by atoms with E-state index in [4.69, 9.17) is 20.4 Å². The van der Waals surface area contributed by atoms with Crippen LogP contribution in [0.5, 0.6) is 0 Å². The van der Waals surface area contributed by atoms with Crippen molar-refractivity contribution in [3.8, 4) is 11.1 Å². The van der Waals surface area contributed by atoms with E-state index in [9.17, 15) is 26.4 Å². The minimum Gasteiger partial charge on any atom is -0.475 e. The van der Waals surface area contributed by atoms with Gasteiger partial charge in [-0.25, -0.2) is 17.5 Å². The first-order valence-electron chi connectivity index (χ1n) is 14.4. The van der Waals surface area contributed by atoms with Gasteiger partial charge in [0.15, 0.2) is 0 Å². The molecule has 1 amide bonds. The number of aliphatic carboxylic acids is 1. The number of fused-ring (bicyclic) bond motifs is 1. The number of carbonyl (C=O) groups is 2. The highest BCUT2D eigenvalue weighted by molar-refractivity contribution is 7.89. The molecule has 240 valence electrons. The third-order valence-corrected chi connectivity index (χ3v) is 9.85. The highest BCUT2D eigenvalue weighted by Crippen LogP contribution is 2.37. The summed E-state index contributed by atoms with van der Waals surface area (Å²) in [5, 5.41) is 11.6. The van der Waals surface area contributed by atoms with Gasteiger partial charge in [0.25, 0.3) is 5.91 Å². The number of hydrogen-bond donors (Lipinski definition) is 4. The van der Waals surface area contributed by atoms with Gasteiger partial charge in [-0.1, -0.05) is 18.2 Å². The van der Waals surface area contributed by atoms with E-state index in [1.54, 1.807) is 11.2 Å². The molecule has 0 spiro atoms. The molecule has 0 aliphatic carbocycles. The molecule has 2 fully saturated rings. The summed E-state index contributed by atoms with van der Waals surface area (Å²) in [5.41, 5.74) is 11.2. The summed E-state index contributed by atoms with van der Waals surface area (Å²) < 4.78 is 63.6. The largest absolute Gasteiger partial charge is 0.490 e. The van der Waals surface area contributed by atoms with Crippen LogP contribution >= 0.6 is 0 Å². The Bertz CT molecular complexity index is 1580. The maximum atomic E-state index is 12.4. The fraction of sp³-hybridized carbons (Fsp3) is 0.467. The molecule has 2 aromatic carbocycles. The zero-order valence-corrected chi connectivity index (χ0v) is 25.1. The summed E-state index contributed by atoms with van der Waals surface area (Å²) in [6, 6.07) is 12.3. The number of sulfonamides is 1. The van der Waals surface area contributed by atoms with Crippen LogP contribution in [0.2, 0.25) is 0 Å². The lowest BCUT2D eigenvalue weighted by molar-refractivity contribution is -0.192. The van der Waals surface area contributed by atoms with E-state index in [1.807, 2.05) is 18.3 Å². The smallest absolute Gasteiger partial charge is 0.475 e. The maximum absolute atomic E-state index is 12.4. The van der Waals surface area contributed by atoms with E-state index >= 15 is 0 Å². The second-order valence-electron chi connectivity index (χ2n) is 10.9. The summed E-state index contributed by atoms with van der Waals surface area (Å²) in [7, 11) is -3.18. The number of hydrogen-bond acceptors (Lipinski definition) is 6. The molecule has 2 aliphatic rings. The number of carboxylic acids is 1. The summed E-state index contributed by atoms with van der Waals surface area (Å²) in [5.74, 6) is -2.90. The minimum atomic E-state index is -5.08. The Hall–Kier alpha value is -3.46. The molecule has 1 aromatic heterocycles. The fourth-order valence-corrected chi connectivity index (χ4v) is 6.76. The average molecular weight is 639 g/mol. The number of halogens is 3. The van der Waals surface area contributed by atoms with Crippen molar-refractivity contribution in [3.63, 3.8) is 0 Å². The number of primary amides is 1. The predicted molar refractivity (Wildman–Crippen MR) is 160 cm³/mol. The minimum absolute atomic E-state index is 0.124. The van der Waals surface area contributed by atoms with Crippen LogP contribution < -0.4 is 11.1 Å². The molecule has 0 radical (unpaired) electrons. The first-order valence-corrected chi connectivity index (χ1v) is 16.1. The van der Waals surface area contributed by atoms with Crippen molar-refractivity contribution >= 4 is 32.8 Å². The maximum Gasteiger partial charge on any atom is 0.490 e. The van der Waals surface area contributed by atoms with Crippen molar-refractivity contribution in [1.29, 1.82) is 0 Å². The number of rotatable bonds is 9. The van der Waals surface area contributed by atoms with Crippen molar-refractivity contribution in [2.45, 2.75) is 57.3 Å². The molecule has 0 unspecified atom stereocenters. The molecule has 1 atom stereocenters. The monoisotopic (exact) mass is 638 g/mol. The number of carboxylic acid groups (broad SMARTS) is 1. The summed E-state index contributed by atoms with van der Waals surface area (Å²) in [6.45, 7) is 5.14. The summed E-state index contributed by atoms with van der Waals surface area (Å²) in [4.78, 5) is 24.6. The molecule has 0 bridgehead atoms. The van der Waals surface area contributed by atoms with E-state index in [-0.39, 0.29) is 11.7 Å². The lowest BCUT2D eigenvalue weighted by Gasteiger charge is -2.31. The summed E-state index contributed by atoms with van der Waals surface area (Å²) in [6.07, 6.45) is 0.897. The Morgan fingerprint density at radius 2 is 1.84 bits per heavy atom. The second kappa shape index (κ2) is 14.1. The number of alkyl halides is 3. The van der Waals surface area contributed by atoms with Gasteiger partial charge in [0.05, 0.1) is 22.9 Å². The van der Waals surface area contributed by atoms with Crippen LogP contribution in [0.3, 0.4) is 0 Å². The molecule has 3 heterocycles. The van der Waals surface area contributed by atoms with Crippen LogP contribution in [-0.4, -0.2) is 79.0 Å². The Morgan fingerprint density at radius 3 is 2.43 bits per heavy atom. The first-order chi connectivity index (χ1) is 20.8. The highest BCUT2D eigenvalue weighted by atomic mass is 32.2. The molecule has 2 aliphatic heterocycles. The van der Waals surface area contributed by atoms with Gasteiger partial charge in [-0.05, 0) is 79.0 Å². The Morgan fingerprint density at radius 1 is 1.14 bits per heavy atom. The van der Waals surface area contributed by atoms with Crippen LogP contribution in [-0.2, 0) is 26.1 Å². The van der Waals surface area contributed by atoms with E-state index in [1.165, 1.54) is 0 Å². The summed E-state index contributed by atoms with van der Waals surface area (Å²) >= 11 is 0. The van der Waals surface area contributed by atoms with Crippen molar-refractivity contribution in [1.82, 2.24) is 14.6 Å². The first kappa shape index (κ1) is 33.4. The van der Waals surface area contributed by atoms with Gasteiger partial charge >= 0.3 is 12.1 Å². The molecule has 3 aromatic rings. The van der Waals surface area contributed by atoms with Crippen LogP contribution in [0.1, 0.15) is 60.0 Å². The van der Waals surface area contributed by atoms with Crippen LogP contribution in [0.4, 0.5) is 13.2 Å². The molecule has 44 heavy (non-hydrogen) atoms. The number of aromatic amines is 1. The molecule has 14 heteroatoms.